The summed E-state index contributed by atoms with van der Waals surface area (Å²) in [6.07, 6.45) is 0.332. The van der Waals surface area contributed by atoms with Crippen LogP contribution >= 0.6 is 12.2 Å². The molecule has 0 radical (unpaired) electrons. The van der Waals surface area contributed by atoms with Crippen LogP contribution in [-0.4, -0.2) is 31.7 Å². The van der Waals surface area contributed by atoms with Crippen molar-refractivity contribution in [2.45, 2.75) is 6.42 Å². The van der Waals surface area contributed by atoms with Crippen LogP contribution in [-0.2, 0) is 9.53 Å². The van der Waals surface area contributed by atoms with Crippen molar-refractivity contribution in [2.75, 3.05) is 25.6 Å². The van der Waals surface area contributed by atoms with E-state index in [0.717, 1.165) is 11.3 Å². The van der Waals surface area contributed by atoms with Crippen LogP contribution in [0.5, 0.6) is 0 Å². The number of hydrogen-bond donors (Lipinski definition) is 1. The van der Waals surface area contributed by atoms with Gasteiger partial charge in [-0.25, -0.2) is 0 Å². The summed E-state index contributed by atoms with van der Waals surface area (Å²) < 4.78 is 4.60. The fraction of sp³-hybridized carbons (Fsp3) is 0.333. The molecule has 0 aliphatic heterocycles. The van der Waals surface area contributed by atoms with Crippen molar-refractivity contribution < 1.29 is 9.53 Å². The molecule has 0 atom stereocenters. The quantitative estimate of drug-likeness (QED) is 0.632. The first-order valence-electron chi connectivity index (χ1n) is 5.23. The van der Waals surface area contributed by atoms with Gasteiger partial charge >= 0.3 is 5.97 Å². The molecule has 0 heterocycles. The van der Waals surface area contributed by atoms with E-state index >= 15 is 0 Å². The molecule has 0 unspecified atom stereocenters. The van der Waals surface area contributed by atoms with Gasteiger partial charge in [0, 0.05) is 24.8 Å². The number of rotatable bonds is 5. The third kappa shape index (κ3) is 3.71. The molecule has 5 heteroatoms. The maximum Gasteiger partial charge on any atom is 0.307 e. The zero-order valence-corrected chi connectivity index (χ0v) is 10.8. The molecule has 0 aliphatic rings. The lowest BCUT2D eigenvalue weighted by Crippen LogP contribution is -2.24. The number of thiocarbonyl (C=S) groups is 1. The molecule has 17 heavy (non-hydrogen) atoms. The number of nitrogens with zero attached hydrogens (tertiary/aromatic N) is 1. The van der Waals surface area contributed by atoms with Gasteiger partial charge in [-0.05, 0) is 12.1 Å². The van der Waals surface area contributed by atoms with Crippen molar-refractivity contribution in [1.82, 2.24) is 0 Å². The van der Waals surface area contributed by atoms with Crippen LogP contribution in [0.1, 0.15) is 12.0 Å². The van der Waals surface area contributed by atoms with E-state index in [1.54, 1.807) is 0 Å². The summed E-state index contributed by atoms with van der Waals surface area (Å²) >= 11 is 4.99. The summed E-state index contributed by atoms with van der Waals surface area (Å²) in [5, 5.41) is 0. The molecule has 0 bridgehead atoms. The predicted octanol–water partition coefficient (Wildman–Crippen LogP) is 1.32. The number of para-hydroxylation sites is 1. The van der Waals surface area contributed by atoms with Crippen LogP contribution in [0.2, 0.25) is 0 Å². The first kappa shape index (κ1) is 13.4. The van der Waals surface area contributed by atoms with Crippen molar-refractivity contribution in [3.63, 3.8) is 0 Å². The summed E-state index contributed by atoms with van der Waals surface area (Å²) in [7, 11) is 3.27. The van der Waals surface area contributed by atoms with Gasteiger partial charge < -0.3 is 15.4 Å². The molecular weight excluding hydrogens is 236 g/mol. The van der Waals surface area contributed by atoms with Gasteiger partial charge in [0.25, 0.3) is 0 Å². The molecule has 0 spiro atoms. The maximum absolute atomic E-state index is 11.1. The number of carbonyl (C=O) groups excluding carboxylic acids is 1. The summed E-state index contributed by atoms with van der Waals surface area (Å²) in [6, 6.07) is 7.58. The van der Waals surface area contributed by atoms with Crippen molar-refractivity contribution in [3.05, 3.63) is 29.8 Å². The van der Waals surface area contributed by atoms with Crippen LogP contribution in [0.15, 0.2) is 24.3 Å². The van der Waals surface area contributed by atoms with E-state index in [-0.39, 0.29) is 5.97 Å². The first-order valence-corrected chi connectivity index (χ1v) is 5.64. The molecule has 0 fully saturated rings. The third-order valence-electron chi connectivity index (χ3n) is 2.46. The second-order valence-electron chi connectivity index (χ2n) is 3.63. The number of carbonyl (C=O) groups is 1. The number of nitrogens with two attached hydrogens (primary N) is 1. The summed E-state index contributed by atoms with van der Waals surface area (Å²) in [6.45, 7) is 0.562. The molecule has 0 saturated carbocycles. The molecule has 0 amide bonds. The van der Waals surface area contributed by atoms with Crippen LogP contribution in [0, 0.1) is 0 Å². The van der Waals surface area contributed by atoms with Gasteiger partial charge in [0.2, 0.25) is 0 Å². The SMILES string of the molecule is COC(=O)CCN(C)c1ccccc1C(N)=S. The van der Waals surface area contributed by atoms with Crippen LogP contribution in [0.4, 0.5) is 5.69 Å². The van der Waals surface area contributed by atoms with Crippen molar-refractivity contribution in [1.29, 1.82) is 0 Å². The molecule has 1 aromatic carbocycles. The number of benzene rings is 1. The predicted molar refractivity (Wildman–Crippen MR) is 72.2 cm³/mol. The minimum absolute atomic E-state index is 0.232. The monoisotopic (exact) mass is 252 g/mol. The Kier molecular flexibility index (Phi) is 4.90. The number of esters is 1. The Bertz CT molecular complexity index is 421. The van der Waals surface area contributed by atoms with Gasteiger partial charge in [0.1, 0.15) is 4.99 Å². The van der Waals surface area contributed by atoms with E-state index in [0.29, 0.717) is 18.0 Å². The second-order valence-corrected chi connectivity index (χ2v) is 4.07. The lowest BCUT2D eigenvalue weighted by Gasteiger charge is -2.21. The molecular formula is C12H16N2O2S. The highest BCUT2D eigenvalue weighted by Crippen LogP contribution is 2.19. The molecule has 0 saturated heterocycles. The summed E-state index contributed by atoms with van der Waals surface area (Å²) in [5.74, 6) is -0.232. The fourth-order valence-corrected chi connectivity index (χ4v) is 1.67. The first-order chi connectivity index (χ1) is 8.06. The number of ether oxygens (including phenoxy) is 1. The largest absolute Gasteiger partial charge is 0.469 e. The maximum atomic E-state index is 11.1. The normalized spacial score (nSPS) is 9.76. The highest BCUT2D eigenvalue weighted by molar-refractivity contribution is 7.80. The Balaban J connectivity index is 2.78. The molecule has 2 N–H and O–H groups in total. The highest BCUT2D eigenvalue weighted by Gasteiger charge is 2.10. The molecule has 1 rings (SSSR count). The van der Waals surface area contributed by atoms with E-state index in [9.17, 15) is 4.79 Å². The Morgan fingerprint density at radius 3 is 2.71 bits per heavy atom. The van der Waals surface area contributed by atoms with E-state index in [1.165, 1.54) is 7.11 Å². The van der Waals surface area contributed by atoms with Gasteiger partial charge in [-0.15, -0.1) is 0 Å². The Hall–Kier alpha value is -1.62. The van der Waals surface area contributed by atoms with Crippen molar-refractivity contribution in [2.24, 2.45) is 5.73 Å². The van der Waals surface area contributed by atoms with Crippen LogP contribution in [0.3, 0.4) is 0 Å². The van der Waals surface area contributed by atoms with Gasteiger partial charge in [-0.2, -0.15) is 0 Å². The van der Waals surface area contributed by atoms with Gasteiger partial charge in [0.15, 0.2) is 0 Å². The highest BCUT2D eigenvalue weighted by atomic mass is 32.1. The smallest absolute Gasteiger partial charge is 0.307 e. The molecule has 4 nitrogen and oxygen atoms in total. The minimum atomic E-state index is -0.232. The van der Waals surface area contributed by atoms with Gasteiger partial charge in [0.05, 0.1) is 13.5 Å². The average molecular weight is 252 g/mol. The standard InChI is InChI=1S/C12H16N2O2S/c1-14(8-7-11(15)16-2)10-6-4-3-5-9(10)12(13)17/h3-6H,7-8H2,1-2H3,(H2,13,17). The lowest BCUT2D eigenvalue weighted by atomic mass is 10.1. The second kappa shape index (κ2) is 6.20. The molecule has 92 valence electrons. The fourth-order valence-electron chi connectivity index (χ4n) is 1.50. The van der Waals surface area contributed by atoms with E-state index in [1.807, 2.05) is 36.2 Å². The number of methoxy groups -OCH3 is 1. The number of anilines is 1. The zero-order chi connectivity index (χ0) is 12.8. The van der Waals surface area contributed by atoms with Crippen LogP contribution < -0.4 is 10.6 Å². The minimum Gasteiger partial charge on any atom is -0.469 e. The van der Waals surface area contributed by atoms with E-state index in [4.69, 9.17) is 18.0 Å². The molecule has 0 aliphatic carbocycles. The van der Waals surface area contributed by atoms with E-state index < -0.39 is 0 Å². The van der Waals surface area contributed by atoms with Crippen molar-refractivity contribution in [3.8, 4) is 0 Å². The third-order valence-corrected chi connectivity index (χ3v) is 2.68. The van der Waals surface area contributed by atoms with Crippen LogP contribution in [0.25, 0.3) is 0 Å². The Labute approximate surface area is 106 Å². The lowest BCUT2D eigenvalue weighted by molar-refractivity contribution is -0.140. The van der Waals surface area contributed by atoms with Gasteiger partial charge in [-0.3, -0.25) is 4.79 Å². The molecule has 0 aromatic heterocycles. The van der Waals surface area contributed by atoms with Gasteiger partial charge in [-0.1, -0.05) is 24.4 Å². The Morgan fingerprint density at radius 1 is 1.47 bits per heavy atom. The Morgan fingerprint density at radius 2 is 2.12 bits per heavy atom. The topological polar surface area (TPSA) is 55.6 Å². The average Bonchev–Trinajstić information content (AvgIpc) is 2.35. The summed E-state index contributed by atoms with van der Waals surface area (Å²) in [4.78, 5) is 13.4. The molecule has 1 aromatic rings. The van der Waals surface area contributed by atoms with E-state index in [2.05, 4.69) is 4.74 Å². The zero-order valence-electron chi connectivity index (χ0n) is 9.97. The summed E-state index contributed by atoms with van der Waals surface area (Å²) in [5.41, 5.74) is 7.38. The number of hydrogen-bond acceptors (Lipinski definition) is 4. The van der Waals surface area contributed by atoms with Crippen molar-refractivity contribution >= 4 is 28.9 Å².